The number of benzene rings is 1. The van der Waals surface area contributed by atoms with Gasteiger partial charge in [-0.25, -0.2) is 8.42 Å². The van der Waals surface area contributed by atoms with Crippen LogP contribution in [0.1, 0.15) is 18.1 Å². The predicted octanol–water partition coefficient (Wildman–Crippen LogP) is 1.31. The fourth-order valence-electron chi connectivity index (χ4n) is 1.98. The van der Waals surface area contributed by atoms with Gasteiger partial charge in [-0.05, 0) is 24.1 Å². The standard InChI is InChI=1S/C12H15NO3S/c1-2-16-7-10-8-17(14,15)11-5-3-4-9(6-13)12(10)11/h3-5,8H,2,6-7,13H2,1H3. The first-order valence-electron chi connectivity index (χ1n) is 5.46. The van der Waals surface area contributed by atoms with Crippen molar-refractivity contribution in [1.29, 1.82) is 0 Å². The molecule has 1 aliphatic heterocycles. The van der Waals surface area contributed by atoms with Gasteiger partial charge in [-0.1, -0.05) is 12.1 Å². The molecule has 0 aliphatic carbocycles. The van der Waals surface area contributed by atoms with Crippen LogP contribution in [0, 0.1) is 0 Å². The van der Waals surface area contributed by atoms with E-state index in [9.17, 15) is 8.42 Å². The summed E-state index contributed by atoms with van der Waals surface area (Å²) in [5.74, 6) is 0. The van der Waals surface area contributed by atoms with Crippen molar-refractivity contribution in [1.82, 2.24) is 0 Å². The summed E-state index contributed by atoms with van der Waals surface area (Å²) in [6.07, 6.45) is 0. The van der Waals surface area contributed by atoms with Crippen LogP contribution in [0.5, 0.6) is 0 Å². The van der Waals surface area contributed by atoms with Gasteiger partial charge in [0.1, 0.15) is 0 Å². The number of hydrogen-bond donors (Lipinski definition) is 1. The topological polar surface area (TPSA) is 69.4 Å². The lowest BCUT2D eigenvalue weighted by Crippen LogP contribution is -2.04. The predicted molar refractivity (Wildman–Crippen MR) is 66.0 cm³/mol. The van der Waals surface area contributed by atoms with E-state index in [1.807, 2.05) is 13.0 Å². The Hall–Kier alpha value is -1.17. The Labute approximate surface area is 101 Å². The molecule has 1 aliphatic rings. The molecule has 5 heteroatoms. The molecule has 0 saturated carbocycles. The van der Waals surface area contributed by atoms with Crippen LogP contribution in [0.25, 0.3) is 5.57 Å². The summed E-state index contributed by atoms with van der Waals surface area (Å²) < 4.78 is 29.1. The van der Waals surface area contributed by atoms with Crippen molar-refractivity contribution in [2.45, 2.75) is 18.4 Å². The Balaban J connectivity index is 2.55. The highest BCUT2D eigenvalue weighted by Crippen LogP contribution is 2.35. The van der Waals surface area contributed by atoms with Crippen molar-refractivity contribution in [2.75, 3.05) is 13.2 Å². The van der Waals surface area contributed by atoms with Crippen LogP contribution < -0.4 is 5.73 Å². The lowest BCUT2D eigenvalue weighted by molar-refractivity contribution is 0.182. The minimum atomic E-state index is -3.32. The number of fused-ring (bicyclic) bond motifs is 1. The van der Waals surface area contributed by atoms with E-state index in [-0.39, 0.29) is 0 Å². The van der Waals surface area contributed by atoms with Crippen molar-refractivity contribution >= 4 is 15.4 Å². The molecule has 4 nitrogen and oxygen atoms in total. The largest absolute Gasteiger partial charge is 0.377 e. The zero-order valence-corrected chi connectivity index (χ0v) is 10.5. The molecule has 0 radical (unpaired) electrons. The van der Waals surface area contributed by atoms with Gasteiger partial charge in [-0.3, -0.25) is 0 Å². The van der Waals surface area contributed by atoms with E-state index in [1.54, 1.807) is 12.1 Å². The maximum absolute atomic E-state index is 11.9. The minimum absolute atomic E-state index is 0.305. The molecular weight excluding hydrogens is 238 g/mol. The third-order valence-corrected chi connectivity index (χ3v) is 4.27. The lowest BCUT2D eigenvalue weighted by Gasteiger charge is -2.09. The quantitative estimate of drug-likeness (QED) is 0.878. The SMILES string of the molecule is CCOCC1=CS(=O)(=O)c2cccc(CN)c21. The van der Waals surface area contributed by atoms with Crippen LogP contribution >= 0.6 is 0 Å². The van der Waals surface area contributed by atoms with Crippen molar-refractivity contribution < 1.29 is 13.2 Å². The van der Waals surface area contributed by atoms with Crippen LogP contribution in [0.4, 0.5) is 0 Å². The zero-order chi connectivity index (χ0) is 12.5. The number of ether oxygens (including phenoxy) is 1. The Morgan fingerprint density at radius 2 is 2.12 bits per heavy atom. The lowest BCUT2D eigenvalue weighted by atomic mass is 10.0. The summed E-state index contributed by atoms with van der Waals surface area (Å²) in [6, 6.07) is 5.18. The highest BCUT2D eigenvalue weighted by Gasteiger charge is 2.28. The van der Waals surface area contributed by atoms with E-state index >= 15 is 0 Å². The Morgan fingerprint density at radius 1 is 1.35 bits per heavy atom. The molecule has 1 aromatic rings. The van der Waals surface area contributed by atoms with Gasteiger partial charge in [-0.2, -0.15) is 0 Å². The molecule has 92 valence electrons. The van der Waals surface area contributed by atoms with Gasteiger partial charge in [0.05, 0.1) is 11.5 Å². The summed E-state index contributed by atoms with van der Waals surface area (Å²) in [7, 11) is -3.32. The molecule has 2 rings (SSSR count). The van der Waals surface area contributed by atoms with Crippen LogP contribution in [0.2, 0.25) is 0 Å². The second kappa shape index (κ2) is 4.60. The van der Waals surface area contributed by atoms with Gasteiger partial charge in [0.15, 0.2) is 0 Å². The average Bonchev–Trinajstić information content (AvgIpc) is 2.58. The van der Waals surface area contributed by atoms with Gasteiger partial charge in [-0.15, -0.1) is 0 Å². The fraction of sp³-hybridized carbons (Fsp3) is 0.333. The summed E-state index contributed by atoms with van der Waals surface area (Å²) in [5.41, 5.74) is 7.90. The number of hydrogen-bond acceptors (Lipinski definition) is 4. The maximum Gasteiger partial charge on any atom is 0.200 e. The van der Waals surface area contributed by atoms with Crippen molar-refractivity contribution in [3.05, 3.63) is 34.7 Å². The van der Waals surface area contributed by atoms with Gasteiger partial charge in [0.25, 0.3) is 0 Å². The molecule has 0 aromatic heterocycles. The van der Waals surface area contributed by atoms with Crippen LogP contribution in [0.3, 0.4) is 0 Å². The number of rotatable bonds is 4. The molecule has 0 unspecified atom stereocenters. The third kappa shape index (κ3) is 2.13. The minimum Gasteiger partial charge on any atom is -0.377 e. The monoisotopic (exact) mass is 253 g/mol. The highest BCUT2D eigenvalue weighted by atomic mass is 32.2. The van der Waals surface area contributed by atoms with E-state index in [1.165, 1.54) is 5.41 Å². The van der Waals surface area contributed by atoms with Crippen LogP contribution in [-0.2, 0) is 21.1 Å². The van der Waals surface area contributed by atoms with E-state index < -0.39 is 9.84 Å². The third-order valence-electron chi connectivity index (χ3n) is 2.72. The molecule has 0 fully saturated rings. The Kier molecular flexibility index (Phi) is 3.33. The highest BCUT2D eigenvalue weighted by molar-refractivity contribution is 7.95. The van der Waals surface area contributed by atoms with E-state index in [0.29, 0.717) is 30.2 Å². The normalized spacial score (nSPS) is 16.7. The smallest absolute Gasteiger partial charge is 0.200 e. The molecule has 0 amide bonds. The van der Waals surface area contributed by atoms with Crippen LogP contribution in [-0.4, -0.2) is 21.6 Å². The second-order valence-electron chi connectivity index (χ2n) is 3.82. The molecule has 2 N–H and O–H groups in total. The summed E-state index contributed by atoms with van der Waals surface area (Å²) >= 11 is 0. The number of nitrogens with two attached hydrogens (primary N) is 1. The van der Waals surface area contributed by atoms with Gasteiger partial charge in [0, 0.05) is 24.1 Å². The van der Waals surface area contributed by atoms with Crippen molar-refractivity contribution in [3.63, 3.8) is 0 Å². The molecule has 17 heavy (non-hydrogen) atoms. The molecule has 0 bridgehead atoms. The molecule has 1 aromatic carbocycles. The van der Waals surface area contributed by atoms with E-state index in [0.717, 1.165) is 11.1 Å². The molecule has 0 saturated heterocycles. The maximum atomic E-state index is 11.9. The second-order valence-corrected chi connectivity index (χ2v) is 5.59. The summed E-state index contributed by atoms with van der Waals surface area (Å²) in [4.78, 5) is 0.343. The van der Waals surface area contributed by atoms with E-state index in [2.05, 4.69) is 0 Å². The first-order chi connectivity index (χ1) is 8.10. The molecular formula is C12H15NO3S. The van der Waals surface area contributed by atoms with Gasteiger partial charge in [0.2, 0.25) is 9.84 Å². The van der Waals surface area contributed by atoms with Gasteiger partial charge >= 0.3 is 0 Å². The van der Waals surface area contributed by atoms with Gasteiger partial charge < -0.3 is 10.5 Å². The van der Waals surface area contributed by atoms with Crippen molar-refractivity contribution in [3.8, 4) is 0 Å². The Morgan fingerprint density at radius 3 is 2.76 bits per heavy atom. The van der Waals surface area contributed by atoms with Crippen molar-refractivity contribution in [2.24, 2.45) is 5.73 Å². The zero-order valence-electron chi connectivity index (χ0n) is 9.64. The fourth-order valence-corrected chi connectivity index (χ4v) is 3.48. The summed E-state index contributed by atoms with van der Waals surface area (Å²) in [6.45, 7) is 3.05. The molecule has 1 heterocycles. The average molecular weight is 253 g/mol. The first-order valence-corrected chi connectivity index (χ1v) is 7.00. The van der Waals surface area contributed by atoms with Crippen LogP contribution in [0.15, 0.2) is 28.5 Å². The molecule has 0 atom stereocenters. The Bertz CT molecular complexity index is 561. The van der Waals surface area contributed by atoms with E-state index in [4.69, 9.17) is 10.5 Å². The number of sulfone groups is 1. The molecule has 0 spiro atoms. The summed E-state index contributed by atoms with van der Waals surface area (Å²) in [5, 5.41) is 1.28. The first kappa shape index (κ1) is 12.3.